The van der Waals surface area contributed by atoms with Gasteiger partial charge < -0.3 is 0 Å². The molecule has 5 rings (SSSR count). The van der Waals surface area contributed by atoms with Crippen LogP contribution in [0.5, 0.6) is 0 Å². The molecule has 3 atom stereocenters. The number of hydrogen-bond acceptors (Lipinski definition) is 0. The van der Waals surface area contributed by atoms with Gasteiger partial charge in [-0.3, -0.25) is 0 Å². The second kappa shape index (κ2) is 10.7. The smallest absolute Gasteiger partial charge is 0.0383 e. The van der Waals surface area contributed by atoms with E-state index >= 15 is 0 Å². The molecule has 0 radical (unpaired) electrons. The first-order valence-electron chi connectivity index (χ1n) is 14.8. The maximum absolute atomic E-state index is 1.63. The molecule has 3 unspecified atom stereocenters. The van der Waals surface area contributed by atoms with Gasteiger partial charge >= 0.3 is 0 Å². The topological polar surface area (TPSA) is 0 Å². The molecule has 0 aliphatic heterocycles. The maximum atomic E-state index is 1.63. The van der Waals surface area contributed by atoms with Crippen LogP contribution in [0.1, 0.15) is 141 Å². The maximum Gasteiger partial charge on any atom is -0.0383 e. The molecule has 0 aromatic carbocycles. The zero-order valence-corrected chi connectivity index (χ0v) is 20.2. The van der Waals surface area contributed by atoms with E-state index in [-0.39, 0.29) is 0 Å². The molecule has 0 spiro atoms. The molecule has 0 bridgehead atoms. The molecule has 0 aromatic rings. The molecule has 5 aliphatic carbocycles. The minimum atomic E-state index is 1.10. The number of fused-ring (bicyclic) bond motifs is 1. The highest BCUT2D eigenvalue weighted by atomic mass is 14.4. The van der Waals surface area contributed by atoms with Crippen molar-refractivity contribution in [1.29, 1.82) is 0 Å². The first kappa shape index (κ1) is 21.8. The summed E-state index contributed by atoms with van der Waals surface area (Å²) in [6.07, 6.45) is 34.7. The third-order valence-electron chi connectivity index (χ3n) is 11.3. The summed E-state index contributed by atoms with van der Waals surface area (Å²) in [5.74, 6) is 8.97. The van der Waals surface area contributed by atoms with Gasteiger partial charge in [0.1, 0.15) is 0 Å². The lowest BCUT2D eigenvalue weighted by molar-refractivity contribution is 0.0762. The molecular formula is C30H52. The molecule has 5 saturated carbocycles. The lowest BCUT2D eigenvalue weighted by Crippen LogP contribution is -2.32. The van der Waals surface area contributed by atoms with E-state index in [1.54, 1.807) is 122 Å². The first-order chi connectivity index (χ1) is 14.8. The van der Waals surface area contributed by atoms with Crippen LogP contribution in [0.3, 0.4) is 0 Å². The van der Waals surface area contributed by atoms with Crippen LogP contribution in [0, 0.1) is 47.3 Å². The normalized spacial score (nSPS) is 43.8. The van der Waals surface area contributed by atoms with E-state index in [2.05, 4.69) is 0 Å². The van der Waals surface area contributed by atoms with Crippen molar-refractivity contribution >= 4 is 0 Å². The van der Waals surface area contributed by atoms with E-state index in [1.165, 1.54) is 19.3 Å². The Bertz CT molecular complexity index is 486. The lowest BCUT2D eigenvalue weighted by Gasteiger charge is -2.43. The molecule has 0 heteroatoms. The average Bonchev–Trinajstić information content (AvgIpc) is 2.84. The minimum Gasteiger partial charge on any atom is -0.0533 e. The summed E-state index contributed by atoms with van der Waals surface area (Å²) >= 11 is 0. The van der Waals surface area contributed by atoms with Gasteiger partial charge in [0.05, 0.1) is 0 Å². The highest BCUT2D eigenvalue weighted by Crippen LogP contribution is 2.48. The van der Waals surface area contributed by atoms with Crippen LogP contribution in [0.2, 0.25) is 0 Å². The van der Waals surface area contributed by atoms with Crippen molar-refractivity contribution in [3.05, 3.63) is 0 Å². The number of rotatable bonds is 5. The predicted molar refractivity (Wildman–Crippen MR) is 129 cm³/mol. The third-order valence-corrected chi connectivity index (χ3v) is 11.3. The van der Waals surface area contributed by atoms with Crippen molar-refractivity contribution in [2.45, 2.75) is 141 Å². The molecule has 172 valence electrons. The summed E-state index contributed by atoms with van der Waals surface area (Å²) in [6, 6.07) is 0. The third kappa shape index (κ3) is 5.49. The van der Waals surface area contributed by atoms with Gasteiger partial charge in [0.15, 0.2) is 0 Å². The second-order valence-corrected chi connectivity index (χ2v) is 12.9. The predicted octanol–water partition coefficient (Wildman–Crippen LogP) is 9.57. The van der Waals surface area contributed by atoms with Crippen molar-refractivity contribution in [3.8, 4) is 0 Å². The van der Waals surface area contributed by atoms with Crippen molar-refractivity contribution in [2.75, 3.05) is 0 Å². The zero-order chi connectivity index (χ0) is 20.2. The molecule has 0 N–H and O–H groups in total. The summed E-state index contributed by atoms with van der Waals surface area (Å²) in [6.45, 7) is 0. The van der Waals surface area contributed by atoms with Crippen LogP contribution in [-0.4, -0.2) is 0 Å². The van der Waals surface area contributed by atoms with Crippen molar-refractivity contribution in [2.24, 2.45) is 47.3 Å². The van der Waals surface area contributed by atoms with Crippen LogP contribution < -0.4 is 0 Å². The summed E-state index contributed by atoms with van der Waals surface area (Å²) < 4.78 is 0. The van der Waals surface area contributed by atoms with Gasteiger partial charge in [-0.1, -0.05) is 96.3 Å². The zero-order valence-electron chi connectivity index (χ0n) is 20.2. The fourth-order valence-electron chi connectivity index (χ4n) is 9.31. The summed E-state index contributed by atoms with van der Waals surface area (Å²) in [5, 5.41) is 0. The molecule has 0 nitrogen and oxygen atoms in total. The largest absolute Gasteiger partial charge is 0.0533 e. The van der Waals surface area contributed by atoms with E-state index in [1.807, 2.05) is 0 Å². The molecule has 0 amide bonds. The first-order valence-corrected chi connectivity index (χ1v) is 14.8. The van der Waals surface area contributed by atoms with E-state index < -0.39 is 0 Å². The van der Waals surface area contributed by atoms with Gasteiger partial charge in [-0.25, -0.2) is 0 Å². The Morgan fingerprint density at radius 3 is 1.23 bits per heavy atom. The fraction of sp³-hybridized carbons (Fsp3) is 1.00. The standard InChI is InChI=1S/C30H52/c1-2-6-25(7-3-1)27-16-12-23(13-17-27)10-11-24-14-18-28(19-15-24)30-21-20-26-8-4-5-9-29(26)22-30/h23-30H,1-22H2. The minimum absolute atomic E-state index is 1.10. The Balaban J connectivity index is 0.979. The summed E-state index contributed by atoms with van der Waals surface area (Å²) in [4.78, 5) is 0. The Morgan fingerprint density at radius 1 is 0.300 bits per heavy atom. The quantitative estimate of drug-likeness (QED) is 0.421. The van der Waals surface area contributed by atoms with E-state index in [9.17, 15) is 0 Å². The molecule has 5 aliphatic rings. The molecule has 30 heavy (non-hydrogen) atoms. The molecule has 5 fully saturated rings. The van der Waals surface area contributed by atoms with E-state index in [4.69, 9.17) is 0 Å². The van der Waals surface area contributed by atoms with Gasteiger partial charge in [0.2, 0.25) is 0 Å². The summed E-state index contributed by atoms with van der Waals surface area (Å²) in [7, 11) is 0. The van der Waals surface area contributed by atoms with Crippen molar-refractivity contribution in [3.63, 3.8) is 0 Å². The molecular weight excluding hydrogens is 360 g/mol. The molecule has 0 heterocycles. The van der Waals surface area contributed by atoms with Crippen LogP contribution >= 0.6 is 0 Å². The van der Waals surface area contributed by atoms with Gasteiger partial charge in [0.25, 0.3) is 0 Å². The van der Waals surface area contributed by atoms with Crippen LogP contribution in [0.4, 0.5) is 0 Å². The second-order valence-electron chi connectivity index (χ2n) is 12.9. The Kier molecular flexibility index (Phi) is 7.82. The lowest BCUT2D eigenvalue weighted by atomic mass is 9.62. The SMILES string of the molecule is C1CCC(C2CCC(CCC3CCC(C4CCC5CCCCC5C4)CC3)CC2)CC1. The highest BCUT2D eigenvalue weighted by molar-refractivity contribution is 4.88. The highest BCUT2D eigenvalue weighted by Gasteiger charge is 2.36. The summed E-state index contributed by atoms with van der Waals surface area (Å²) in [5.41, 5.74) is 0. The Labute approximate surface area is 188 Å². The monoisotopic (exact) mass is 412 g/mol. The fourth-order valence-corrected chi connectivity index (χ4v) is 9.31. The van der Waals surface area contributed by atoms with Gasteiger partial charge in [-0.05, 0) is 92.3 Å². The van der Waals surface area contributed by atoms with Crippen molar-refractivity contribution in [1.82, 2.24) is 0 Å². The van der Waals surface area contributed by atoms with E-state index in [0.29, 0.717) is 0 Å². The van der Waals surface area contributed by atoms with Crippen LogP contribution in [-0.2, 0) is 0 Å². The van der Waals surface area contributed by atoms with Crippen LogP contribution in [0.25, 0.3) is 0 Å². The van der Waals surface area contributed by atoms with Crippen molar-refractivity contribution < 1.29 is 0 Å². The molecule has 0 saturated heterocycles. The van der Waals surface area contributed by atoms with Gasteiger partial charge in [-0.2, -0.15) is 0 Å². The Morgan fingerprint density at radius 2 is 0.633 bits per heavy atom. The van der Waals surface area contributed by atoms with Gasteiger partial charge in [-0.15, -0.1) is 0 Å². The molecule has 0 aromatic heterocycles. The van der Waals surface area contributed by atoms with Crippen LogP contribution in [0.15, 0.2) is 0 Å². The van der Waals surface area contributed by atoms with Gasteiger partial charge in [0, 0.05) is 0 Å². The average molecular weight is 413 g/mol. The Hall–Kier alpha value is 0. The van der Waals surface area contributed by atoms with E-state index in [0.717, 1.165) is 47.3 Å². The number of hydrogen-bond donors (Lipinski definition) is 0.